The van der Waals surface area contributed by atoms with Gasteiger partial charge in [-0.1, -0.05) is 48.0 Å². The van der Waals surface area contributed by atoms with Crippen LogP contribution in [0.1, 0.15) is 26.3 Å². The molecule has 0 N–H and O–H groups in total. The minimum absolute atomic E-state index is 0.123. The number of hydrogen-bond donors (Lipinski definition) is 0. The second-order valence-corrected chi connectivity index (χ2v) is 6.45. The molecule has 1 rings (SSSR count). The first kappa shape index (κ1) is 17.0. The molecule has 0 saturated heterocycles. The molecule has 20 heavy (non-hydrogen) atoms. The summed E-state index contributed by atoms with van der Waals surface area (Å²) in [5.74, 6) is 1.28. The highest BCUT2D eigenvalue weighted by Gasteiger charge is 2.25. The Hall–Kier alpha value is -1.03. The average Bonchev–Trinajstić information content (AvgIpc) is 2.45. The van der Waals surface area contributed by atoms with E-state index < -0.39 is 0 Å². The topological polar surface area (TPSA) is 29.5 Å². The Morgan fingerprint density at radius 3 is 2.45 bits per heavy atom. The van der Waals surface area contributed by atoms with Gasteiger partial charge in [-0.3, -0.25) is 4.79 Å². The van der Waals surface area contributed by atoms with Gasteiger partial charge in [-0.15, -0.1) is 0 Å². The highest BCUT2D eigenvalue weighted by molar-refractivity contribution is 9.10. The number of likely N-dealkylation sites (N-methyl/N-ethyl adjacent to an activating group) is 1. The van der Waals surface area contributed by atoms with Gasteiger partial charge in [-0.25, -0.2) is 0 Å². The van der Waals surface area contributed by atoms with Crippen LogP contribution in [0.2, 0.25) is 0 Å². The lowest BCUT2D eigenvalue weighted by atomic mass is 10.0. The van der Waals surface area contributed by atoms with E-state index in [0.717, 1.165) is 17.7 Å². The number of amides is 1. The molecule has 0 spiro atoms. The molecule has 0 saturated carbocycles. The van der Waals surface area contributed by atoms with E-state index in [4.69, 9.17) is 4.74 Å². The Balaban J connectivity index is 2.75. The van der Waals surface area contributed by atoms with E-state index in [0.29, 0.717) is 0 Å². The van der Waals surface area contributed by atoms with E-state index in [-0.39, 0.29) is 22.7 Å². The number of methoxy groups -OCH3 is 1. The molecule has 2 atom stereocenters. The molecule has 0 bridgehead atoms. The zero-order chi connectivity index (χ0) is 15.3. The van der Waals surface area contributed by atoms with E-state index in [2.05, 4.69) is 22.9 Å². The SMILES string of the molecule is COc1ccccc1CC(C)N(C)C(=O)C(Br)C(C)C. The van der Waals surface area contributed by atoms with Crippen molar-refractivity contribution < 1.29 is 9.53 Å². The van der Waals surface area contributed by atoms with E-state index in [1.54, 1.807) is 7.11 Å². The van der Waals surface area contributed by atoms with Gasteiger partial charge in [0.05, 0.1) is 11.9 Å². The van der Waals surface area contributed by atoms with Crippen LogP contribution in [0.4, 0.5) is 0 Å². The van der Waals surface area contributed by atoms with Crippen molar-refractivity contribution in [2.24, 2.45) is 5.92 Å². The van der Waals surface area contributed by atoms with Gasteiger partial charge in [-0.05, 0) is 30.9 Å². The van der Waals surface area contributed by atoms with E-state index in [1.165, 1.54) is 0 Å². The predicted octanol–water partition coefficient (Wildman–Crippen LogP) is 3.50. The number of ether oxygens (including phenoxy) is 1. The molecular weight excluding hydrogens is 318 g/mol. The van der Waals surface area contributed by atoms with Gasteiger partial charge < -0.3 is 9.64 Å². The van der Waals surface area contributed by atoms with Crippen LogP contribution in [-0.2, 0) is 11.2 Å². The third-order valence-corrected chi connectivity index (χ3v) is 4.99. The van der Waals surface area contributed by atoms with E-state index >= 15 is 0 Å². The van der Waals surface area contributed by atoms with Gasteiger partial charge in [0.15, 0.2) is 0 Å². The van der Waals surface area contributed by atoms with Gasteiger partial charge in [0.1, 0.15) is 5.75 Å². The largest absolute Gasteiger partial charge is 0.496 e. The molecule has 1 aromatic rings. The summed E-state index contributed by atoms with van der Waals surface area (Å²) < 4.78 is 5.36. The average molecular weight is 342 g/mol. The summed E-state index contributed by atoms with van der Waals surface area (Å²) in [5.41, 5.74) is 1.12. The number of hydrogen-bond acceptors (Lipinski definition) is 2. The van der Waals surface area contributed by atoms with Gasteiger partial charge >= 0.3 is 0 Å². The summed E-state index contributed by atoms with van der Waals surface area (Å²) in [5, 5.41) is 0. The summed E-state index contributed by atoms with van der Waals surface area (Å²) in [6, 6.07) is 8.06. The van der Waals surface area contributed by atoms with Crippen molar-refractivity contribution in [1.29, 1.82) is 0 Å². The number of carbonyl (C=O) groups is 1. The Labute approximate surface area is 130 Å². The van der Waals surface area contributed by atoms with Crippen LogP contribution in [0, 0.1) is 5.92 Å². The van der Waals surface area contributed by atoms with Crippen LogP contribution in [-0.4, -0.2) is 35.8 Å². The van der Waals surface area contributed by atoms with Crippen molar-refractivity contribution in [1.82, 2.24) is 4.90 Å². The maximum absolute atomic E-state index is 12.3. The number of halogens is 1. The molecule has 1 aromatic carbocycles. The van der Waals surface area contributed by atoms with Gasteiger partial charge in [0.25, 0.3) is 0 Å². The summed E-state index contributed by atoms with van der Waals surface area (Å²) in [6.07, 6.45) is 0.782. The van der Waals surface area contributed by atoms with Crippen LogP contribution in [0.25, 0.3) is 0 Å². The Kier molecular flexibility index (Phi) is 6.53. The van der Waals surface area contributed by atoms with Crippen LogP contribution >= 0.6 is 15.9 Å². The first-order valence-corrected chi connectivity index (χ1v) is 7.82. The quantitative estimate of drug-likeness (QED) is 0.741. The highest BCUT2D eigenvalue weighted by Crippen LogP contribution is 2.22. The fourth-order valence-corrected chi connectivity index (χ4v) is 2.35. The molecule has 1 amide bonds. The second-order valence-electron chi connectivity index (χ2n) is 5.46. The third kappa shape index (κ3) is 4.23. The van der Waals surface area contributed by atoms with Crippen molar-refractivity contribution in [2.45, 2.75) is 38.1 Å². The van der Waals surface area contributed by atoms with Gasteiger partial charge in [-0.2, -0.15) is 0 Å². The molecular formula is C16H24BrNO2. The van der Waals surface area contributed by atoms with Crippen LogP contribution < -0.4 is 4.74 Å². The Bertz CT molecular complexity index is 448. The minimum atomic E-state index is -0.132. The van der Waals surface area contributed by atoms with Crippen LogP contribution in [0.3, 0.4) is 0 Å². The Morgan fingerprint density at radius 1 is 1.30 bits per heavy atom. The highest BCUT2D eigenvalue weighted by atomic mass is 79.9. The van der Waals surface area contributed by atoms with E-state index in [1.807, 2.05) is 50.1 Å². The van der Waals surface area contributed by atoms with E-state index in [9.17, 15) is 4.79 Å². The summed E-state index contributed by atoms with van der Waals surface area (Å²) >= 11 is 3.47. The van der Waals surface area contributed by atoms with Crippen LogP contribution in [0.15, 0.2) is 24.3 Å². The van der Waals surface area contributed by atoms with Crippen molar-refractivity contribution in [3.8, 4) is 5.75 Å². The Morgan fingerprint density at radius 2 is 1.90 bits per heavy atom. The second kappa shape index (κ2) is 7.67. The molecule has 2 unspecified atom stereocenters. The molecule has 0 aromatic heterocycles. The zero-order valence-corrected chi connectivity index (χ0v) is 14.5. The predicted molar refractivity (Wildman–Crippen MR) is 86.5 cm³/mol. The molecule has 0 radical (unpaired) electrons. The van der Waals surface area contributed by atoms with Crippen LogP contribution in [0.5, 0.6) is 5.75 Å². The molecule has 0 aliphatic carbocycles. The fourth-order valence-electron chi connectivity index (χ4n) is 2.02. The molecule has 0 aliphatic heterocycles. The smallest absolute Gasteiger partial charge is 0.236 e. The van der Waals surface area contributed by atoms with Crippen molar-refractivity contribution >= 4 is 21.8 Å². The molecule has 3 nitrogen and oxygen atoms in total. The molecule has 112 valence electrons. The third-order valence-electron chi connectivity index (χ3n) is 3.54. The lowest BCUT2D eigenvalue weighted by Crippen LogP contribution is -2.42. The summed E-state index contributed by atoms with van der Waals surface area (Å²) in [4.78, 5) is 14.0. The first-order chi connectivity index (χ1) is 9.38. The summed E-state index contributed by atoms with van der Waals surface area (Å²) in [7, 11) is 3.53. The minimum Gasteiger partial charge on any atom is -0.496 e. The molecule has 0 fully saturated rings. The first-order valence-electron chi connectivity index (χ1n) is 6.91. The van der Waals surface area contributed by atoms with Crippen molar-refractivity contribution in [2.75, 3.05) is 14.2 Å². The fraction of sp³-hybridized carbons (Fsp3) is 0.562. The lowest BCUT2D eigenvalue weighted by Gasteiger charge is -2.28. The standard InChI is InChI=1S/C16H24BrNO2/c1-11(2)15(17)16(19)18(4)12(3)10-13-8-6-7-9-14(13)20-5/h6-9,11-12,15H,10H2,1-5H3. The monoisotopic (exact) mass is 341 g/mol. The number of benzene rings is 1. The molecule has 4 heteroatoms. The van der Waals surface area contributed by atoms with Crippen molar-refractivity contribution in [3.05, 3.63) is 29.8 Å². The molecule has 0 heterocycles. The normalized spacial score (nSPS) is 13.9. The number of nitrogens with zero attached hydrogens (tertiary/aromatic N) is 1. The van der Waals surface area contributed by atoms with Gasteiger partial charge in [0, 0.05) is 13.1 Å². The van der Waals surface area contributed by atoms with Gasteiger partial charge in [0.2, 0.25) is 5.91 Å². The number of alkyl halides is 1. The number of para-hydroxylation sites is 1. The molecule has 0 aliphatic rings. The maximum atomic E-state index is 12.3. The maximum Gasteiger partial charge on any atom is 0.236 e. The zero-order valence-electron chi connectivity index (χ0n) is 12.9. The summed E-state index contributed by atoms with van der Waals surface area (Å²) in [6.45, 7) is 6.14. The number of carbonyl (C=O) groups excluding carboxylic acids is 1. The lowest BCUT2D eigenvalue weighted by molar-refractivity contribution is -0.131. The number of rotatable bonds is 6. The van der Waals surface area contributed by atoms with Crippen molar-refractivity contribution in [3.63, 3.8) is 0 Å².